The fourth-order valence-electron chi connectivity index (χ4n) is 2.31. The minimum Gasteiger partial charge on any atom is -0.324 e. The molecule has 88 valence electrons. The van der Waals surface area contributed by atoms with E-state index in [9.17, 15) is 8.42 Å². The van der Waals surface area contributed by atoms with Crippen LogP contribution < -0.4 is 5.73 Å². The number of rotatable bonds is 3. The first-order chi connectivity index (χ1) is 7.52. The molecule has 4 heteroatoms. The molecule has 0 saturated heterocycles. The molecule has 0 unspecified atom stereocenters. The molecule has 1 saturated carbocycles. The van der Waals surface area contributed by atoms with Crippen LogP contribution in [0.25, 0.3) is 0 Å². The van der Waals surface area contributed by atoms with Gasteiger partial charge in [-0.1, -0.05) is 31.0 Å². The maximum Gasteiger partial charge on any atom is 0.180 e. The molecule has 0 amide bonds. The van der Waals surface area contributed by atoms with Gasteiger partial charge in [-0.05, 0) is 25.0 Å². The molecule has 0 aliphatic heterocycles. The van der Waals surface area contributed by atoms with Crippen molar-refractivity contribution in [2.24, 2.45) is 5.73 Å². The molecule has 0 heterocycles. The average molecular weight is 239 g/mol. The Kier molecular flexibility index (Phi) is 3.04. The summed E-state index contributed by atoms with van der Waals surface area (Å²) in [5.74, 6) is 0.0734. The predicted molar refractivity (Wildman–Crippen MR) is 63.9 cm³/mol. The summed E-state index contributed by atoms with van der Waals surface area (Å²) in [7, 11) is -3.23. The monoisotopic (exact) mass is 239 g/mol. The van der Waals surface area contributed by atoms with Crippen LogP contribution in [0, 0.1) is 0 Å². The Bertz CT molecular complexity index is 447. The fourth-order valence-corrected chi connectivity index (χ4v) is 4.10. The SMILES string of the molecule is NC1(CS(=O)(=O)c2ccccc2)CCCC1. The second-order valence-corrected chi connectivity index (χ2v) is 6.63. The lowest BCUT2D eigenvalue weighted by atomic mass is 10.0. The molecule has 0 aromatic heterocycles. The topological polar surface area (TPSA) is 60.2 Å². The third-order valence-electron chi connectivity index (χ3n) is 3.18. The van der Waals surface area contributed by atoms with E-state index in [1.807, 2.05) is 6.07 Å². The lowest BCUT2D eigenvalue weighted by Crippen LogP contribution is -2.43. The summed E-state index contributed by atoms with van der Waals surface area (Å²) in [6.07, 6.45) is 3.72. The van der Waals surface area contributed by atoms with Crippen molar-refractivity contribution in [3.8, 4) is 0 Å². The third kappa shape index (κ3) is 2.44. The van der Waals surface area contributed by atoms with Gasteiger partial charge in [0.05, 0.1) is 10.6 Å². The van der Waals surface area contributed by atoms with Gasteiger partial charge in [0.25, 0.3) is 0 Å². The highest BCUT2D eigenvalue weighted by Gasteiger charge is 2.34. The van der Waals surface area contributed by atoms with Crippen LogP contribution in [0.1, 0.15) is 25.7 Å². The highest BCUT2D eigenvalue weighted by atomic mass is 32.2. The maximum absolute atomic E-state index is 12.1. The standard InChI is InChI=1S/C12H17NO2S/c13-12(8-4-5-9-12)10-16(14,15)11-6-2-1-3-7-11/h1-3,6-7H,4-5,8-10,13H2. The molecule has 2 rings (SSSR count). The number of nitrogens with two attached hydrogens (primary N) is 1. The second kappa shape index (κ2) is 4.18. The molecular formula is C12H17NO2S. The first kappa shape index (κ1) is 11.6. The van der Waals surface area contributed by atoms with Crippen molar-refractivity contribution < 1.29 is 8.42 Å². The van der Waals surface area contributed by atoms with Crippen molar-refractivity contribution in [2.45, 2.75) is 36.1 Å². The van der Waals surface area contributed by atoms with Crippen molar-refractivity contribution >= 4 is 9.84 Å². The number of benzene rings is 1. The highest BCUT2D eigenvalue weighted by molar-refractivity contribution is 7.91. The molecule has 0 radical (unpaired) electrons. The van der Waals surface area contributed by atoms with Gasteiger partial charge in [-0.15, -0.1) is 0 Å². The molecule has 1 aliphatic rings. The van der Waals surface area contributed by atoms with Gasteiger partial charge in [0.1, 0.15) is 0 Å². The zero-order valence-electron chi connectivity index (χ0n) is 9.22. The van der Waals surface area contributed by atoms with Crippen molar-refractivity contribution in [2.75, 3.05) is 5.75 Å². The largest absolute Gasteiger partial charge is 0.324 e. The Morgan fingerprint density at radius 1 is 1.12 bits per heavy atom. The summed E-state index contributed by atoms with van der Waals surface area (Å²) in [6, 6.07) is 8.56. The smallest absolute Gasteiger partial charge is 0.180 e. The van der Waals surface area contributed by atoms with E-state index in [0.29, 0.717) is 4.90 Å². The van der Waals surface area contributed by atoms with Crippen LogP contribution in [0.2, 0.25) is 0 Å². The van der Waals surface area contributed by atoms with Crippen LogP contribution >= 0.6 is 0 Å². The van der Waals surface area contributed by atoms with Crippen molar-refractivity contribution in [3.05, 3.63) is 30.3 Å². The van der Waals surface area contributed by atoms with Gasteiger partial charge < -0.3 is 5.73 Å². The first-order valence-corrected chi connectivity index (χ1v) is 7.24. The van der Waals surface area contributed by atoms with E-state index >= 15 is 0 Å². The Balaban J connectivity index is 2.21. The van der Waals surface area contributed by atoms with Crippen LogP contribution in [0.4, 0.5) is 0 Å². The van der Waals surface area contributed by atoms with E-state index in [1.54, 1.807) is 24.3 Å². The third-order valence-corrected chi connectivity index (χ3v) is 5.12. The Morgan fingerprint density at radius 2 is 1.69 bits per heavy atom. The molecule has 1 fully saturated rings. The van der Waals surface area contributed by atoms with Crippen LogP contribution in [0.3, 0.4) is 0 Å². The van der Waals surface area contributed by atoms with Gasteiger partial charge in [0.15, 0.2) is 9.84 Å². The van der Waals surface area contributed by atoms with Crippen LogP contribution in [0.5, 0.6) is 0 Å². The molecule has 0 bridgehead atoms. The summed E-state index contributed by atoms with van der Waals surface area (Å²) < 4.78 is 24.2. The number of hydrogen-bond acceptors (Lipinski definition) is 3. The summed E-state index contributed by atoms with van der Waals surface area (Å²) in [6.45, 7) is 0. The van der Waals surface area contributed by atoms with E-state index in [4.69, 9.17) is 5.73 Å². The van der Waals surface area contributed by atoms with Gasteiger partial charge in [-0.2, -0.15) is 0 Å². The van der Waals surface area contributed by atoms with Crippen LogP contribution in [-0.4, -0.2) is 19.7 Å². The molecule has 1 aromatic carbocycles. The summed E-state index contributed by atoms with van der Waals surface area (Å²) >= 11 is 0. The van der Waals surface area contributed by atoms with Crippen molar-refractivity contribution in [1.29, 1.82) is 0 Å². The normalized spacial score (nSPS) is 19.8. The Hall–Kier alpha value is -0.870. The second-order valence-electron chi connectivity index (χ2n) is 4.64. The summed E-state index contributed by atoms with van der Waals surface area (Å²) in [5, 5.41) is 0. The van der Waals surface area contributed by atoms with Gasteiger partial charge in [-0.3, -0.25) is 0 Å². The van der Waals surface area contributed by atoms with E-state index in [1.165, 1.54) is 0 Å². The Labute approximate surface area is 96.6 Å². The van der Waals surface area contributed by atoms with E-state index in [2.05, 4.69) is 0 Å². The van der Waals surface area contributed by atoms with Crippen molar-refractivity contribution in [3.63, 3.8) is 0 Å². The number of sulfone groups is 1. The van der Waals surface area contributed by atoms with E-state index in [0.717, 1.165) is 25.7 Å². The zero-order valence-corrected chi connectivity index (χ0v) is 10.0. The molecule has 1 aliphatic carbocycles. The van der Waals surface area contributed by atoms with Gasteiger partial charge in [-0.25, -0.2) is 8.42 Å². The molecule has 16 heavy (non-hydrogen) atoms. The lowest BCUT2D eigenvalue weighted by molar-refractivity contribution is 0.478. The van der Waals surface area contributed by atoms with E-state index < -0.39 is 15.4 Å². The molecular weight excluding hydrogens is 222 g/mol. The minimum atomic E-state index is -3.23. The summed E-state index contributed by atoms with van der Waals surface area (Å²) in [5.41, 5.74) is 5.60. The predicted octanol–water partition coefficient (Wildman–Crippen LogP) is 1.73. The fraction of sp³-hybridized carbons (Fsp3) is 0.500. The first-order valence-electron chi connectivity index (χ1n) is 5.59. The van der Waals surface area contributed by atoms with Crippen LogP contribution in [-0.2, 0) is 9.84 Å². The van der Waals surface area contributed by atoms with Gasteiger partial charge in [0, 0.05) is 5.54 Å². The van der Waals surface area contributed by atoms with Gasteiger partial charge >= 0.3 is 0 Å². The molecule has 0 atom stereocenters. The van der Waals surface area contributed by atoms with Gasteiger partial charge in [0.2, 0.25) is 0 Å². The minimum absolute atomic E-state index is 0.0734. The molecule has 2 N–H and O–H groups in total. The quantitative estimate of drug-likeness (QED) is 0.874. The molecule has 1 aromatic rings. The zero-order chi connectivity index (χ0) is 11.6. The molecule has 0 spiro atoms. The average Bonchev–Trinajstić information content (AvgIpc) is 2.65. The molecule has 3 nitrogen and oxygen atoms in total. The van der Waals surface area contributed by atoms with Crippen LogP contribution in [0.15, 0.2) is 35.2 Å². The highest BCUT2D eigenvalue weighted by Crippen LogP contribution is 2.30. The lowest BCUT2D eigenvalue weighted by Gasteiger charge is -2.23. The summed E-state index contributed by atoms with van der Waals surface area (Å²) in [4.78, 5) is 0.381. The number of hydrogen-bond donors (Lipinski definition) is 1. The Morgan fingerprint density at radius 3 is 2.25 bits per heavy atom. The van der Waals surface area contributed by atoms with Crippen molar-refractivity contribution in [1.82, 2.24) is 0 Å². The maximum atomic E-state index is 12.1. The van der Waals surface area contributed by atoms with E-state index in [-0.39, 0.29) is 5.75 Å².